The quantitative estimate of drug-likeness (QED) is 0.174. The van der Waals surface area contributed by atoms with Crippen molar-refractivity contribution < 1.29 is 4.42 Å². The summed E-state index contributed by atoms with van der Waals surface area (Å²) in [5.41, 5.74) is 23.8. The summed E-state index contributed by atoms with van der Waals surface area (Å²) < 4.78 is 6.58. The zero-order chi connectivity index (χ0) is 42.9. The first-order valence-electron chi connectivity index (χ1n) is 22.8. The number of aryl methyl sites for hydroxylation is 2. The van der Waals surface area contributed by atoms with Crippen LogP contribution in [0, 0.1) is 13.8 Å². The van der Waals surface area contributed by atoms with Crippen molar-refractivity contribution in [1.29, 1.82) is 0 Å². The second-order valence-electron chi connectivity index (χ2n) is 22.9. The zero-order valence-corrected chi connectivity index (χ0v) is 38.7. The third-order valence-corrected chi connectivity index (χ3v) is 15.6. The Bertz CT molecular complexity index is 3030. The summed E-state index contributed by atoms with van der Waals surface area (Å²) in [5.74, 6) is 0.0435. The molecule has 0 saturated heterocycles. The number of furan rings is 1. The highest BCUT2D eigenvalue weighted by Crippen LogP contribution is 2.64. The van der Waals surface area contributed by atoms with Crippen molar-refractivity contribution in [3.8, 4) is 0 Å². The smallest absolute Gasteiger partial charge is 0.137 e. The summed E-state index contributed by atoms with van der Waals surface area (Å²) in [6.45, 7) is 31.4. The molecule has 6 aromatic carbocycles. The number of para-hydroxylation sites is 1. The number of hydrogen-bond donors (Lipinski definition) is 0. The van der Waals surface area contributed by atoms with Gasteiger partial charge in [0.1, 0.15) is 11.2 Å². The van der Waals surface area contributed by atoms with E-state index in [0.29, 0.717) is 0 Å². The molecule has 1 atom stereocenters. The largest absolute Gasteiger partial charge is 0.456 e. The van der Waals surface area contributed by atoms with Crippen LogP contribution in [0.1, 0.15) is 157 Å². The van der Waals surface area contributed by atoms with Crippen molar-refractivity contribution in [2.24, 2.45) is 0 Å². The number of fused-ring (bicyclic) bond motifs is 9. The van der Waals surface area contributed by atoms with E-state index in [1.807, 2.05) is 0 Å². The first-order valence-corrected chi connectivity index (χ1v) is 22.8. The zero-order valence-electron chi connectivity index (χ0n) is 38.7. The van der Waals surface area contributed by atoms with E-state index in [1.54, 1.807) is 0 Å². The minimum Gasteiger partial charge on any atom is -0.456 e. The highest BCUT2D eigenvalue weighted by molar-refractivity contribution is 6.14. The van der Waals surface area contributed by atoms with E-state index in [-0.39, 0.29) is 33.0 Å². The SMILES string of the molecule is Cc1cc2c3c(c1)N(c1cccc4oc5ccccc5c14)c1ccc(C(C)(C)C)cc1C3c1cc3c(cc1N2c1cc2c(cc1C)C(C)(C)CC2(C)C)C(C)(C)CCC3(C)C. The maximum atomic E-state index is 6.58. The molecule has 3 nitrogen and oxygen atoms in total. The molecule has 11 rings (SSSR count). The topological polar surface area (TPSA) is 19.6 Å². The number of nitrogens with zero attached hydrogens (tertiary/aromatic N) is 2. The molecule has 0 spiro atoms. The molecule has 4 aliphatic rings. The van der Waals surface area contributed by atoms with Crippen LogP contribution in [-0.2, 0) is 27.1 Å². The summed E-state index contributed by atoms with van der Waals surface area (Å²) in [6, 6.07) is 37.9. The average molecular weight is 803 g/mol. The summed E-state index contributed by atoms with van der Waals surface area (Å²) in [4.78, 5) is 5.29. The second kappa shape index (κ2) is 12.2. The molecule has 7 aromatic rings. The normalized spacial score (nSPS) is 20.0. The molecule has 2 aliphatic carbocycles. The van der Waals surface area contributed by atoms with Gasteiger partial charge in [-0.25, -0.2) is 0 Å². The summed E-state index contributed by atoms with van der Waals surface area (Å²) >= 11 is 0. The second-order valence-corrected chi connectivity index (χ2v) is 22.9. The molecule has 310 valence electrons. The summed E-state index contributed by atoms with van der Waals surface area (Å²) in [5, 5.41) is 2.30. The minimum absolute atomic E-state index is 0.0233. The number of anilines is 6. The standard InChI is InChI=1S/C58H62N2O/c1-33-25-47-53-48(26-33)60(45-30-42-39(27-34(45)2)57(10,11)32-58(42,12)13)46-31-41-40(55(6,7)23-24-56(41,8)9)29-38(46)51(53)37-28-35(54(3,4)5)21-22-43(37)59(47)44-18-16-20-50-52(44)36-17-14-15-19-49(36)61-50/h14-22,25-31,51H,23-24,32H2,1-13H3. The molecule has 3 heterocycles. The van der Waals surface area contributed by atoms with E-state index in [1.165, 1.54) is 96.9 Å². The van der Waals surface area contributed by atoms with E-state index in [2.05, 4.69) is 197 Å². The van der Waals surface area contributed by atoms with Crippen molar-refractivity contribution >= 4 is 56.1 Å². The fourth-order valence-electron chi connectivity index (χ4n) is 12.5. The Labute approximate surface area is 363 Å². The van der Waals surface area contributed by atoms with E-state index in [9.17, 15) is 0 Å². The molecule has 1 aromatic heterocycles. The van der Waals surface area contributed by atoms with Gasteiger partial charge in [-0.2, -0.15) is 0 Å². The van der Waals surface area contributed by atoms with Crippen LogP contribution in [0.4, 0.5) is 34.1 Å². The van der Waals surface area contributed by atoms with Crippen LogP contribution in [0.25, 0.3) is 21.9 Å². The number of rotatable bonds is 2. The van der Waals surface area contributed by atoms with Crippen LogP contribution >= 0.6 is 0 Å². The van der Waals surface area contributed by atoms with Gasteiger partial charge in [0.25, 0.3) is 0 Å². The van der Waals surface area contributed by atoms with E-state index in [4.69, 9.17) is 4.42 Å². The van der Waals surface area contributed by atoms with Crippen LogP contribution in [0.5, 0.6) is 0 Å². The Balaban J connectivity index is 1.29. The fraction of sp³-hybridized carbons (Fsp3) is 0.379. The first-order chi connectivity index (χ1) is 28.7. The van der Waals surface area contributed by atoms with Gasteiger partial charge in [-0.3, -0.25) is 0 Å². The molecule has 0 bridgehead atoms. The molecule has 61 heavy (non-hydrogen) atoms. The lowest BCUT2D eigenvalue weighted by Crippen LogP contribution is -2.36. The molecule has 0 radical (unpaired) electrons. The van der Waals surface area contributed by atoms with Crippen LogP contribution in [0.15, 0.2) is 101 Å². The Morgan fingerprint density at radius 2 is 1.10 bits per heavy atom. The van der Waals surface area contributed by atoms with Crippen molar-refractivity contribution in [1.82, 2.24) is 0 Å². The molecular formula is C58H62N2O. The van der Waals surface area contributed by atoms with E-state index < -0.39 is 0 Å². The van der Waals surface area contributed by atoms with Gasteiger partial charge >= 0.3 is 0 Å². The Kier molecular flexibility index (Phi) is 7.73. The maximum absolute atomic E-state index is 6.58. The van der Waals surface area contributed by atoms with Crippen LogP contribution in [-0.4, -0.2) is 0 Å². The lowest BCUT2D eigenvalue weighted by Gasteiger charge is -2.48. The van der Waals surface area contributed by atoms with Gasteiger partial charge < -0.3 is 14.2 Å². The van der Waals surface area contributed by atoms with Gasteiger partial charge in [-0.05, 0) is 159 Å². The molecular weight excluding hydrogens is 741 g/mol. The van der Waals surface area contributed by atoms with Crippen molar-refractivity contribution in [2.45, 2.75) is 142 Å². The highest BCUT2D eigenvalue weighted by Gasteiger charge is 2.47. The van der Waals surface area contributed by atoms with Crippen molar-refractivity contribution in [2.75, 3.05) is 9.80 Å². The Morgan fingerprint density at radius 1 is 0.525 bits per heavy atom. The monoisotopic (exact) mass is 802 g/mol. The Morgan fingerprint density at radius 3 is 1.79 bits per heavy atom. The molecule has 0 saturated carbocycles. The third kappa shape index (κ3) is 5.41. The summed E-state index contributed by atoms with van der Waals surface area (Å²) in [7, 11) is 0. The molecule has 1 unspecified atom stereocenters. The predicted molar refractivity (Wildman–Crippen MR) is 258 cm³/mol. The summed E-state index contributed by atoms with van der Waals surface area (Å²) in [6.07, 6.45) is 3.50. The molecule has 3 heteroatoms. The van der Waals surface area contributed by atoms with Gasteiger partial charge in [0.2, 0.25) is 0 Å². The lowest BCUT2D eigenvalue weighted by atomic mass is 9.61. The van der Waals surface area contributed by atoms with Crippen LogP contribution < -0.4 is 9.80 Å². The molecule has 2 aliphatic heterocycles. The van der Waals surface area contributed by atoms with Gasteiger partial charge in [0.15, 0.2) is 0 Å². The molecule has 0 amide bonds. The lowest BCUT2D eigenvalue weighted by molar-refractivity contribution is 0.331. The predicted octanol–water partition coefficient (Wildman–Crippen LogP) is 16.6. The average Bonchev–Trinajstić information content (AvgIpc) is 3.65. The van der Waals surface area contributed by atoms with Crippen LogP contribution in [0.3, 0.4) is 0 Å². The van der Waals surface area contributed by atoms with Gasteiger partial charge in [0.05, 0.1) is 33.8 Å². The Hall–Kier alpha value is -5.28. The fourth-order valence-corrected chi connectivity index (χ4v) is 12.5. The van der Waals surface area contributed by atoms with Crippen molar-refractivity contribution in [3.63, 3.8) is 0 Å². The van der Waals surface area contributed by atoms with Gasteiger partial charge in [0, 0.05) is 22.6 Å². The highest BCUT2D eigenvalue weighted by atomic mass is 16.3. The molecule has 0 N–H and O–H groups in total. The first kappa shape index (κ1) is 38.6. The van der Waals surface area contributed by atoms with Gasteiger partial charge in [-0.15, -0.1) is 0 Å². The van der Waals surface area contributed by atoms with Crippen molar-refractivity contribution in [3.05, 3.63) is 153 Å². The molecule has 0 fully saturated rings. The van der Waals surface area contributed by atoms with Gasteiger partial charge in [-0.1, -0.05) is 125 Å². The minimum atomic E-state index is -0.0233. The van der Waals surface area contributed by atoms with Crippen LogP contribution in [0.2, 0.25) is 0 Å². The third-order valence-electron chi connectivity index (χ3n) is 15.6. The number of benzene rings is 6. The maximum Gasteiger partial charge on any atom is 0.137 e. The van der Waals surface area contributed by atoms with E-state index >= 15 is 0 Å². The van der Waals surface area contributed by atoms with E-state index in [0.717, 1.165) is 34.0 Å². The number of hydrogen-bond acceptors (Lipinski definition) is 3.